The molecule has 8 aromatic carbocycles. The Morgan fingerprint density at radius 1 is 0.393 bits per heavy atom. The van der Waals surface area contributed by atoms with Gasteiger partial charge in [-0.25, -0.2) is 0 Å². The Kier molecular flexibility index (Phi) is 8.52. The third-order valence-corrected chi connectivity index (χ3v) is 12.3. The minimum absolute atomic E-state index is 0.208. The van der Waals surface area contributed by atoms with Crippen LogP contribution in [0.2, 0.25) is 0 Å². The molecule has 270 valence electrons. The summed E-state index contributed by atoms with van der Waals surface area (Å²) in [5, 5.41) is 0. The van der Waals surface area contributed by atoms with Gasteiger partial charge in [0.05, 0.1) is 11.4 Å². The first-order valence-electron chi connectivity index (χ1n) is 20.2. The topological polar surface area (TPSA) is 3.24 Å². The summed E-state index contributed by atoms with van der Waals surface area (Å²) in [6, 6.07) is 69.7. The zero-order valence-corrected chi connectivity index (χ0v) is 32.2. The van der Waals surface area contributed by atoms with Crippen LogP contribution in [0.5, 0.6) is 0 Å². The van der Waals surface area contributed by atoms with Gasteiger partial charge in [-0.05, 0) is 123 Å². The van der Waals surface area contributed by atoms with E-state index >= 15 is 0 Å². The molecule has 0 radical (unpaired) electrons. The standard InChI is InChI=1S/C55H45N/c1-55(2)50-30-17-29-47(40-20-8-4-9-21-40)54(50)49-36-48(41-22-10-5-11-23-41)53(37-51(49)55)56(52-31-15-14-27-46(52)39-18-6-3-7-19-39)43-34-32-42(33-35-43)45-28-16-25-38-24-12-13-26-44(38)45/h3-11,14-23,25,27-37H,12-13,24,26H2,1-2H3. The summed E-state index contributed by atoms with van der Waals surface area (Å²) >= 11 is 0. The van der Waals surface area contributed by atoms with Crippen LogP contribution in [-0.4, -0.2) is 0 Å². The molecule has 0 amide bonds. The van der Waals surface area contributed by atoms with Crippen LogP contribution < -0.4 is 4.90 Å². The molecule has 10 rings (SSSR count). The van der Waals surface area contributed by atoms with Crippen LogP contribution in [0.3, 0.4) is 0 Å². The van der Waals surface area contributed by atoms with Crippen molar-refractivity contribution in [3.05, 3.63) is 210 Å². The zero-order chi connectivity index (χ0) is 37.6. The smallest absolute Gasteiger partial charge is 0.0543 e. The van der Waals surface area contributed by atoms with Crippen LogP contribution in [0.4, 0.5) is 17.1 Å². The highest BCUT2D eigenvalue weighted by Crippen LogP contribution is 2.56. The number of anilines is 3. The first-order chi connectivity index (χ1) is 27.6. The van der Waals surface area contributed by atoms with Crippen LogP contribution in [0.1, 0.15) is 48.9 Å². The molecule has 56 heavy (non-hydrogen) atoms. The fourth-order valence-electron chi connectivity index (χ4n) is 9.49. The second kappa shape index (κ2) is 14.0. The molecule has 0 heterocycles. The maximum Gasteiger partial charge on any atom is 0.0543 e. The van der Waals surface area contributed by atoms with Crippen molar-refractivity contribution in [2.24, 2.45) is 0 Å². The van der Waals surface area contributed by atoms with Gasteiger partial charge in [0.15, 0.2) is 0 Å². The Hall–Kier alpha value is -6.44. The summed E-state index contributed by atoms with van der Waals surface area (Å²) < 4.78 is 0. The summed E-state index contributed by atoms with van der Waals surface area (Å²) in [6.45, 7) is 4.80. The number of hydrogen-bond acceptors (Lipinski definition) is 1. The Bertz CT molecular complexity index is 2690. The second-order valence-corrected chi connectivity index (χ2v) is 15.9. The van der Waals surface area contributed by atoms with Gasteiger partial charge in [-0.15, -0.1) is 0 Å². The van der Waals surface area contributed by atoms with Crippen LogP contribution in [0, 0.1) is 0 Å². The average Bonchev–Trinajstić information content (AvgIpc) is 3.49. The number of aryl methyl sites for hydroxylation is 1. The molecule has 0 fully saturated rings. The maximum absolute atomic E-state index is 2.52. The molecule has 0 saturated heterocycles. The lowest BCUT2D eigenvalue weighted by Crippen LogP contribution is -2.17. The first-order valence-corrected chi connectivity index (χ1v) is 20.2. The van der Waals surface area contributed by atoms with Crippen molar-refractivity contribution in [1.82, 2.24) is 0 Å². The van der Waals surface area contributed by atoms with E-state index in [1.807, 2.05) is 0 Å². The zero-order valence-electron chi connectivity index (χ0n) is 32.2. The number of rotatable bonds is 7. The van der Waals surface area contributed by atoms with E-state index in [1.165, 1.54) is 103 Å². The van der Waals surface area contributed by atoms with E-state index in [-0.39, 0.29) is 5.41 Å². The fourth-order valence-corrected chi connectivity index (χ4v) is 9.49. The van der Waals surface area contributed by atoms with Gasteiger partial charge in [0, 0.05) is 22.2 Å². The maximum atomic E-state index is 2.52. The number of fused-ring (bicyclic) bond motifs is 4. The molecule has 0 aromatic heterocycles. The number of benzene rings is 8. The third-order valence-electron chi connectivity index (χ3n) is 12.3. The van der Waals surface area contributed by atoms with Gasteiger partial charge in [-0.1, -0.05) is 172 Å². The Labute approximate surface area is 331 Å². The summed E-state index contributed by atoms with van der Waals surface area (Å²) in [7, 11) is 0. The minimum atomic E-state index is -0.208. The Morgan fingerprint density at radius 3 is 1.66 bits per heavy atom. The molecule has 0 spiro atoms. The van der Waals surface area contributed by atoms with E-state index in [1.54, 1.807) is 0 Å². The van der Waals surface area contributed by atoms with Gasteiger partial charge >= 0.3 is 0 Å². The highest BCUT2D eigenvalue weighted by atomic mass is 15.1. The Morgan fingerprint density at radius 2 is 0.946 bits per heavy atom. The van der Waals surface area contributed by atoms with Crippen molar-refractivity contribution in [3.63, 3.8) is 0 Å². The molecule has 0 atom stereocenters. The van der Waals surface area contributed by atoms with Gasteiger partial charge in [0.25, 0.3) is 0 Å². The lowest BCUT2D eigenvalue weighted by molar-refractivity contribution is 0.660. The SMILES string of the molecule is CC1(C)c2cc(N(c3ccc(-c4cccc5c4CCCC5)cc3)c3ccccc3-c3ccccc3)c(-c3ccccc3)cc2-c2c(-c3ccccc3)cccc21. The molecular weight excluding hydrogens is 675 g/mol. The molecule has 8 aromatic rings. The number of para-hydroxylation sites is 1. The van der Waals surface area contributed by atoms with Crippen molar-refractivity contribution in [3.8, 4) is 55.6 Å². The predicted molar refractivity (Wildman–Crippen MR) is 237 cm³/mol. The largest absolute Gasteiger partial charge is 0.309 e. The molecule has 1 heteroatoms. The van der Waals surface area contributed by atoms with Crippen molar-refractivity contribution >= 4 is 17.1 Å². The third kappa shape index (κ3) is 5.78. The van der Waals surface area contributed by atoms with E-state index in [0.717, 1.165) is 17.8 Å². The average molecular weight is 720 g/mol. The lowest BCUT2D eigenvalue weighted by Gasteiger charge is -2.32. The molecule has 0 N–H and O–H groups in total. The fraction of sp³-hybridized carbons (Fsp3) is 0.127. The lowest BCUT2D eigenvalue weighted by atomic mass is 9.81. The van der Waals surface area contributed by atoms with Crippen LogP contribution >= 0.6 is 0 Å². The van der Waals surface area contributed by atoms with Crippen LogP contribution in [-0.2, 0) is 18.3 Å². The highest BCUT2D eigenvalue weighted by Gasteiger charge is 2.38. The summed E-state index contributed by atoms with van der Waals surface area (Å²) in [4.78, 5) is 2.52. The summed E-state index contributed by atoms with van der Waals surface area (Å²) in [5.74, 6) is 0. The van der Waals surface area contributed by atoms with Crippen LogP contribution in [0.15, 0.2) is 188 Å². The molecule has 0 unspecified atom stereocenters. The van der Waals surface area contributed by atoms with E-state index < -0.39 is 0 Å². The Balaban J connectivity index is 1.23. The summed E-state index contributed by atoms with van der Waals surface area (Å²) in [5.41, 5.74) is 21.7. The van der Waals surface area contributed by atoms with Gasteiger partial charge < -0.3 is 4.90 Å². The van der Waals surface area contributed by atoms with Crippen molar-refractivity contribution < 1.29 is 0 Å². The van der Waals surface area contributed by atoms with Gasteiger partial charge in [-0.3, -0.25) is 0 Å². The van der Waals surface area contributed by atoms with Gasteiger partial charge in [-0.2, -0.15) is 0 Å². The molecule has 2 aliphatic rings. The van der Waals surface area contributed by atoms with Crippen molar-refractivity contribution in [1.29, 1.82) is 0 Å². The summed E-state index contributed by atoms with van der Waals surface area (Å²) in [6.07, 6.45) is 4.88. The number of hydrogen-bond donors (Lipinski definition) is 0. The molecule has 2 aliphatic carbocycles. The molecule has 1 nitrogen and oxygen atoms in total. The van der Waals surface area contributed by atoms with Gasteiger partial charge in [0.1, 0.15) is 0 Å². The molecule has 0 bridgehead atoms. The minimum Gasteiger partial charge on any atom is -0.309 e. The molecule has 0 aliphatic heterocycles. The van der Waals surface area contributed by atoms with E-state index in [2.05, 4.69) is 207 Å². The van der Waals surface area contributed by atoms with Crippen molar-refractivity contribution in [2.45, 2.75) is 44.9 Å². The monoisotopic (exact) mass is 719 g/mol. The van der Waals surface area contributed by atoms with E-state index in [0.29, 0.717) is 0 Å². The predicted octanol–water partition coefficient (Wildman–Crippen LogP) is 15.0. The number of nitrogens with zero attached hydrogens (tertiary/aromatic N) is 1. The second-order valence-electron chi connectivity index (χ2n) is 15.9. The normalized spacial score (nSPS) is 13.8. The van der Waals surface area contributed by atoms with Crippen LogP contribution in [0.25, 0.3) is 55.6 Å². The van der Waals surface area contributed by atoms with Crippen molar-refractivity contribution in [2.75, 3.05) is 4.90 Å². The first kappa shape index (κ1) is 34.1. The van der Waals surface area contributed by atoms with E-state index in [9.17, 15) is 0 Å². The molecule has 0 saturated carbocycles. The van der Waals surface area contributed by atoms with Gasteiger partial charge in [0.2, 0.25) is 0 Å². The quantitative estimate of drug-likeness (QED) is 0.159. The van der Waals surface area contributed by atoms with E-state index in [4.69, 9.17) is 0 Å². The highest BCUT2D eigenvalue weighted by molar-refractivity contribution is 6.00. The molecular formula is C55H45N.